The van der Waals surface area contributed by atoms with Crippen molar-refractivity contribution in [2.24, 2.45) is 0 Å². The second kappa shape index (κ2) is 5.65. The third-order valence-electron chi connectivity index (χ3n) is 2.63. The molecule has 0 aromatic carbocycles. The Balaban J connectivity index is 2.35. The highest BCUT2D eigenvalue weighted by molar-refractivity contribution is 5.44. The van der Waals surface area contributed by atoms with E-state index >= 15 is 0 Å². The van der Waals surface area contributed by atoms with Crippen LogP contribution in [0.25, 0.3) is 0 Å². The van der Waals surface area contributed by atoms with E-state index in [9.17, 15) is 0 Å². The Morgan fingerprint density at radius 3 is 2.84 bits per heavy atom. The van der Waals surface area contributed by atoms with Crippen LogP contribution in [0, 0.1) is 22.7 Å². The molecule has 0 atom stereocenters. The molecule has 0 aliphatic carbocycles. The quantitative estimate of drug-likeness (QED) is 0.890. The molecule has 2 heterocycles. The first-order valence-electron chi connectivity index (χ1n) is 5.83. The smallest absolute Gasteiger partial charge is 0.176 e. The fourth-order valence-corrected chi connectivity index (χ4v) is 1.78. The van der Waals surface area contributed by atoms with Crippen LogP contribution in [0.4, 0.5) is 5.82 Å². The first-order valence-corrected chi connectivity index (χ1v) is 5.83. The summed E-state index contributed by atoms with van der Waals surface area (Å²) >= 11 is 0. The van der Waals surface area contributed by atoms with Gasteiger partial charge in [0.25, 0.3) is 0 Å². The lowest BCUT2D eigenvalue weighted by Gasteiger charge is -2.10. The van der Waals surface area contributed by atoms with E-state index < -0.39 is 0 Å². The molecule has 0 spiro atoms. The van der Waals surface area contributed by atoms with Gasteiger partial charge < -0.3 is 9.88 Å². The zero-order valence-electron chi connectivity index (χ0n) is 10.5. The number of nitrogens with one attached hydrogen (secondary N) is 1. The Morgan fingerprint density at radius 2 is 2.16 bits per heavy atom. The maximum Gasteiger partial charge on any atom is 0.176 e. The van der Waals surface area contributed by atoms with Crippen LogP contribution in [0.15, 0.2) is 24.7 Å². The van der Waals surface area contributed by atoms with Crippen LogP contribution in [-0.2, 0) is 6.54 Å². The van der Waals surface area contributed by atoms with Crippen molar-refractivity contribution in [1.82, 2.24) is 14.5 Å². The average molecular weight is 252 g/mol. The van der Waals surface area contributed by atoms with Gasteiger partial charge in [-0.05, 0) is 13.0 Å². The average Bonchev–Trinajstić information content (AvgIpc) is 2.83. The lowest BCUT2D eigenvalue weighted by Crippen LogP contribution is -2.07. The molecule has 2 rings (SSSR count). The van der Waals surface area contributed by atoms with Gasteiger partial charge in [-0.1, -0.05) is 6.07 Å². The number of imidazole rings is 1. The van der Waals surface area contributed by atoms with Crippen LogP contribution in [0.1, 0.15) is 23.9 Å². The van der Waals surface area contributed by atoms with E-state index in [2.05, 4.69) is 15.3 Å². The Kier molecular flexibility index (Phi) is 3.75. The van der Waals surface area contributed by atoms with Crippen molar-refractivity contribution in [2.45, 2.75) is 13.5 Å². The summed E-state index contributed by atoms with van der Waals surface area (Å²) in [5.41, 5.74) is 1.37. The molecule has 94 valence electrons. The first kappa shape index (κ1) is 12.6. The summed E-state index contributed by atoms with van der Waals surface area (Å²) < 4.78 is 1.65. The van der Waals surface area contributed by atoms with Crippen LogP contribution in [0.2, 0.25) is 0 Å². The third-order valence-corrected chi connectivity index (χ3v) is 2.63. The van der Waals surface area contributed by atoms with Crippen LogP contribution < -0.4 is 5.32 Å². The predicted octanol–water partition coefficient (Wildman–Crippen LogP) is 1.50. The Morgan fingerprint density at radius 1 is 1.32 bits per heavy atom. The SMILES string of the molecule is CCNc1ncccc1Cn1cnc(C#N)c1C#N. The molecule has 0 amide bonds. The molecular formula is C13H12N6. The molecule has 0 saturated carbocycles. The van der Waals surface area contributed by atoms with Gasteiger partial charge in [-0.25, -0.2) is 9.97 Å². The topological polar surface area (TPSA) is 90.3 Å². The van der Waals surface area contributed by atoms with Crippen molar-refractivity contribution in [1.29, 1.82) is 10.5 Å². The van der Waals surface area contributed by atoms with Gasteiger partial charge >= 0.3 is 0 Å². The molecule has 2 aromatic heterocycles. The minimum absolute atomic E-state index is 0.149. The van der Waals surface area contributed by atoms with E-state index in [4.69, 9.17) is 10.5 Å². The molecule has 2 aromatic rings. The lowest BCUT2D eigenvalue weighted by atomic mass is 10.2. The molecule has 0 unspecified atom stereocenters. The number of pyridine rings is 1. The molecular weight excluding hydrogens is 240 g/mol. The fraction of sp³-hybridized carbons (Fsp3) is 0.231. The van der Waals surface area contributed by atoms with Gasteiger partial charge in [0.1, 0.15) is 18.0 Å². The summed E-state index contributed by atoms with van der Waals surface area (Å²) in [4.78, 5) is 8.17. The predicted molar refractivity (Wildman–Crippen MR) is 69.2 cm³/mol. The van der Waals surface area contributed by atoms with Crippen LogP contribution >= 0.6 is 0 Å². The van der Waals surface area contributed by atoms with Gasteiger partial charge in [-0.2, -0.15) is 10.5 Å². The normalized spacial score (nSPS) is 9.63. The molecule has 6 heteroatoms. The number of hydrogen-bond donors (Lipinski definition) is 1. The van der Waals surface area contributed by atoms with Crippen molar-refractivity contribution >= 4 is 5.82 Å². The van der Waals surface area contributed by atoms with Crippen molar-refractivity contribution in [3.8, 4) is 12.1 Å². The highest BCUT2D eigenvalue weighted by Crippen LogP contribution is 2.15. The molecule has 0 bridgehead atoms. The molecule has 19 heavy (non-hydrogen) atoms. The first-order chi connectivity index (χ1) is 9.30. The number of aromatic nitrogens is 3. The maximum atomic E-state index is 9.08. The molecule has 0 aliphatic heterocycles. The summed E-state index contributed by atoms with van der Waals surface area (Å²) in [5, 5.41) is 21.1. The molecule has 0 aliphatic rings. The zero-order chi connectivity index (χ0) is 13.7. The van der Waals surface area contributed by atoms with E-state index in [1.54, 1.807) is 10.8 Å². The van der Waals surface area contributed by atoms with Crippen molar-refractivity contribution in [2.75, 3.05) is 11.9 Å². The summed E-state index contributed by atoms with van der Waals surface area (Å²) in [5.74, 6) is 0.779. The lowest BCUT2D eigenvalue weighted by molar-refractivity contribution is 0.782. The number of hydrogen-bond acceptors (Lipinski definition) is 5. The molecule has 0 radical (unpaired) electrons. The van der Waals surface area contributed by atoms with Gasteiger partial charge in [-0.3, -0.25) is 0 Å². The zero-order valence-corrected chi connectivity index (χ0v) is 10.5. The summed E-state index contributed by atoms with van der Waals surface area (Å²) in [6.45, 7) is 3.21. The molecule has 1 N–H and O–H groups in total. The fourth-order valence-electron chi connectivity index (χ4n) is 1.78. The number of anilines is 1. The van der Waals surface area contributed by atoms with Gasteiger partial charge in [0, 0.05) is 18.3 Å². The van der Waals surface area contributed by atoms with Gasteiger partial charge in [0.2, 0.25) is 0 Å². The third kappa shape index (κ3) is 2.53. The van der Waals surface area contributed by atoms with Gasteiger partial charge in [-0.15, -0.1) is 0 Å². The molecule has 0 fully saturated rings. The van der Waals surface area contributed by atoms with Gasteiger partial charge in [0.05, 0.1) is 12.9 Å². The highest BCUT2D eigenvalue weighted by atomic mass is 15.1. The van der Waals surface area contributed by atoms with Crippen molar-refractivity contribution < 1.29 is 0 Å². The second-order valence-corrected chi connectivity index (χ2v) is 3.83. The summed E-state index contributed by atoms with van der Waals surface area (Å²) in [7, 11) is 0. The van der Waals surface area contributed by atoms with Crippen molar-refractivity contribution in [3.63, 3.8) is 0 Å². The van der Waals surface area contributed by atoms with Crippen LogP contribution in [0.5, 0.6) is 0 Å². The van der Waals surface area contributed by atoms with Crippen molar-refractivity contribution in [3.05, 3.63) is 41.6 Å². The van der Waals surface area contributed by atoms with E-state index in [1.165, 1.54) is 6.33 Å². The maximum absolute atomic E-state index is 9.08. The number of nitriles is 2. The highest BCUT2D eigenvalue weighted by Gasteiger charge is 2.11. The molecule has 6 nitrogen and oxygen atoms in total. The number of nitrogens with zero attached hydrogens (tertiary/aromatic N) is 5. The summed E-state index contributed by atoms with van der Waals surface area (Å²) in [6.07, 6.45) is 3.21. The van der Waals surface area contributed by atoms with Crippen LogP contribution in [-0.4, -0.2) is 21.1 Å². The van der Waals surface area contributed by atoms with Gasteiger partial charge in [0.15, 0.2) is 11.4 Å². The minimum atomic E-state index is 0.149. The Hall–Kier alpha value is -2.86. The van der Waals surface area contributed by atoms with Crippen LogP contribution in [0.3, 0.4) is 0 Å². The minimum Gasteiger partial charge on any atom is -0.370 e. The largest absolute Gasteiger partial charge is 0.370 e. The second-order valence-electron chi connectivity index (χ2n) is 3.83. The van der Waals surface area contributed by atoms with E-state index in [-0.39, 0.29) is 11.4 Å². The molecule has 0 saturated heterocycles. The Labute approximate surface area is 111 Å². The monoisotopic (exact) mass is 252 g/mol. The standard InChI is InChI=1S/C13H12N6/c1-2-16-13-10(4-3-5-17-13)8-19-9-18-11(6-14)12(19)7-15/h3-5,9H,2,8H2,1H3,(H,16,17). The number of rotatable bonds is 4. The van der Waals surface area contributed by atoms with E-state index in [0.29, 0.717) is 6.54 Å². The summed E-state index contributed by atoms with van der Waals surface area (Å²) in [6, 6.07) is 7.68. The van der Waals surface area contributed by atoms with E-state index in [1.807, 2.05) is 31.2 Å². The van der Waals surface area contributed by atoms with E-state index in [0.717, 1.165) is 17.9 Å². The Bertz CT molecular complexity index is 659.